The number of piperidine rings is 2. The van der Waals surface area contributed by atoms with E-state index in [4.69, 9.17) is 28.0 Å². The zero-order chi connectivity index (χ0) is 19.4. The van der Waals surface area contributed by atoms with Crippen molar-refractivity contribution < 1.29 is 5.11 Å². The van der Waals surface area contributed by atoms with Gasteiger partial charge in [0.25, 0.3) is 0 Å². The smallest absolute Gasteiger partial charge is 0.232 e. The number of anilines is 3. The van der Waals surface area contributed by atoms with Gasteiger partial charge in [-0.15, -0.1) is 0 Å². The lowest BCUT2D eigenvalue weighted by atomic mass is 10.0. The Hall–Kier alpha value is -1.79. The monoisotopic (exact) mass is 380 g/mol. The molecule has 0 unspecified atom stereocenters. The van der Waals surface area contributed by atoms with Crippen LogP contribution < -0.4 is 38.1 Å². The molecule has 2 aliphatic rings. The number of nitrogens with zero attached hydrogens (tertiary/aromatic N) is 5. The number of rotatable bonds is 6. The molecule has 27 heavy (non-hydrogen) atoms. The Morgan fingerprint density at radius 3 is 1.67 bits per heavy atom. The Kier molecular flexibility index (Phi) is 6.60. The van der Waals surface area contributed by atoms with Gasteiger partial charge in [0.05, 0.1) is 0 Å². The van der Waals surface area contributed by atoms with Crippen LogP contribution in [0.4, 0.5) is 17.8 Å². The molecule has 2 fully saturated rings. The van der Waals surface area contributed by atoms with Crippen molar-refractivity contribution in [3.63, 3.8) is 0 Å². The first-order valence-electron chi connectivity index (χ1n) is 9.57. The second-order valence-corrected chi connectivity index (χ2v) is 7.58. The van der Waals surface area contributed by atoms with Gasteiger partial charge in [-0.1, -0.05) is 0 Å². The molecule has 0 spiro atoms. The molecule has 0 radical (unpaired) electrons. The van der Waals surface area contributed by atoms with Crippen LogP contribution in [0.2, 0.25) is 0 Å². The van der Waals surface area contributed by atoms with Crippen LogP contribution in [0.3, 0.4) is 0 Å². The number of hydrogen-bond donors (Lipinski definition) is 6. The van der Waals surface area contributed by atoms with Crippen molar-refractivity contribution in [3.8, 4) is 0 Å². The lowest BCUT2D eigenvalue weighted by Crippen LogP contribution is -2.54. The third-order valence-corrected chi connectivity index (χ3v) is 4.83. The maximum Gasteiger partial charge on any atom is 0.232 e. The quantitative estimate of drug-likeness (QED) is 0.284. The third-order valence-electron chi connectivity index (χ3n) is 4.83. The van der Waals surface area contributed by atoms with E-state index in [0.29, 0.717) is 57.0 Å². The number of hydrogen-bond acceptors (Lipinski definition) is 11. The van der Waals surface area contributed by atoms with E-state index in [9.17, 15) is 0 Å². The molecular formula is C16H32N10O. The molecule has 1 aromatic heterocycles. The van der Waals surface area contributed by atoms with Crippen LogP contribution in [-0.2, 0) is 0 Å². The lowest BCUT2D eigenvalue weighted by Gasteiger charge is -2.37. The van der Waals surface area contributed by atoms with Crippen LogP contribution in [0, 0.1) is 0 Å². The maximum atomic E-state index is 9.01. The predicted octanol–water partition coefficient (Wildman–Crippen LogP) is -2.60. The molecule has 0 bridgehead atoms. The highest BCUT2D eigenvalue weighted by Crippen LogP contribution is 2.22. The average Bonchev–Trinajstić information content (AvgIpc) is 2.60. The standard InChI is InChI=1S/C16H32N10O/c17-10-4-11(18)7-25(6-10)15-22-14(21-2-1-3-27)23-16(24-15)26-8-12(19)5-13(20)9-26/h10-13,27H,1-9,17-20H2,(H,21,22,23,24)/t10-,11+,12-,13+. The van der Waals surface area contributed by atoms with Crippen molar-refractivity contribution in [1.82, 2.24) is 15.0 Å². The minimum Gasteiger partial charge on any atom is -0.396 e. The van der Waals surface area contributed by atoms with Gasteiger partial charge >= 0.3 is 0 Å². The number of nitrogens with one attached hydrogen (secondary N) is 1. The van der Waals surface area contributed by atoms with Crippen LogP contribution in [-0.4, -0.2) is 83.6 Å². The van der Waals surface area contributed by atoms with Crippen molar-refractivity contribution in [3.05, 3.63) is 0 Å². The summed E-state index contributed by atoms with van der Waals surface area (Å²) in [6.45, 7) is 3.25. The fourth-order valence-corrected chi connectivity index (χ4v) is 3.68. The van der Waals surface area contributed by atoms with Gasteiger partial charge in [-0.2, -0.15) is 15.0 Å². The molecule has 11 heteroatoms. The molecule has 0 aliphatic carbocycles. The van der Waals surface area contributed by atoms with Gasteiger partial charge < -0.3 is 43.2 Å². The summed E-state index contributed by atoms with van der Waals surface area (Å²) in [5, 5.41) is 12.2. The van der Waals surface area contributed by atoms with E-state index in [1.807, 2.05) is 9.80 Å². The van der Waals surface area contributed by atoms with E-state index in [1.165, 1.54) is 0 Å². The minimum absolute atomic E-state index is 0.0170. The minimum atomic E-state index is -0.0170. The van der Waals surface area contributed by atoms with Gasteiger partial charge in [-0.25, -0.2) is 0 Å². The Morgan fingerprint density at radius 2 is 1.26 bits per heavy atom. The Morgan fingerprint density at radius 1 is 0.815 bits per heavy atom. The first-order chi connectivity index (χ1) is 12.9. The molecule has 4 atom stereocenters. The lowest BCUT2D eigenvalue weighted by molar-refractivity contribution is 0.292. The summed E-state index contributed by atoms with van der Waals surface area (Å²) in [5.74, 6) is 1.55. The Labute approximate surface area is 159 Å². The molecule has 3 rings (SSSR count). The van der Waals surface area contributed by atoms with E-state index in [2.05, 4.69) is 20.3 Å². The van der Waals surface area contributed by atoms with Gasteiger partial charge in [0.15, 0.2) is 0 Å². The Bertz CT molecular complexity index is 553. The predicted molar refractivity (Wildman–Crippen MR) is 106 cm³/mol. The summed E-state index contributed by atoms with van der Waals surface area (Å²) in [6, 6.07) is -0.0682. The molecule has 152 valence electrons. The zero-order valence-electron chi connectivity index (χ0n) is 15.7. The van der Waals surface area contributed by atoms with Crippen LogP contribution >= 0.6 is 0 Å². The van der Waals surface area contributed by atoms with Crippen molar-refractivity contribution in [1.29, 1.82) is 0 Å². The fraction of sp³-hybridized carbons (Fsp3) is 0.812. The molecule has 0 saturated carbocycles. The summed E-state index contributed by atoms with van der Waals surface area (Å²) in [5.41, 5.74) is 24.5. The van der Waals surface area contributed by atoms with E-state index < -0.39 is 0 Å². The van der Waals surface area contributed by atoms with E-state index in [0.717, 1.165) is 12.8 Å². The average molecular weight is 381 g/mol. The summed E-state index contributed by atoms with van der Waals surface area (Å²) >= 11 is 0. The number of aromatic nitrogens is 3. The molecule has 1 aromatic rings. The first-order valence-corrected chi connectivity index (χ1v) is 9.57. The van der Waals surface area contributed by atoms with Crippen molar-refractivity contribution in [2.45, 2.75) is 43.4 Å². The van der Waals surface area contributed by atoms with Crippen molar-refractivity contribution in [2.24, 2.45) is 22.9 Å². The van der Waals surface area contributed by atoms with Crippen LogP contribution in [0.5, 0.6) is 0 Å². The van der Waals surface area contributed by atoms with Crippen LogP contribution in [0.15, 0.2) is 0 Å². The molecular weight excluding hydrogens is 348 g/mol. The highest BCUT2D eigenvalue weighted by molar-refractivity contribution is 5.46. The molecule has 0 aromatic carbocycles. The second kappa shape index (κ2) is 8.93. The van der Waals surface area contributed by atoms with Gasteiger partial charge in [-0.3, -0.25) is 0 Å². The zero-order valence-corrected chi connectivity index (χ0v) is 15.7. The Balaban J connectivity index is 1.86. The molecule has 2 aliphatic heterocycles. The van der Waals surface area contributed by atoms with Gasteiger partial charge in [-0.05, 0) is 19.3 Å². The summed E-state index contributed by atoms with van der Waals surface area (Å²) in [7, 11) is 0. The van der Waals surface area contributed by atoms with Gasteiger partial charge in [0, 0.05) is 63.5 Å². The SMILES string of the molecule is N[C@@H]1C[C@H](N)CN(c2nc(NCCCO)nc(N3C[C@H](N)C[C@H](N)C3)n2)C1. The topological polar surface area (TPSA) is 181 Å². The summed E-state index contributed by atoms with van der Waals surface area (Å²) in [6.07, 6.45) is 2.17. The molecule has 2 saturated heterocycles. The number of aliphatic hydroxyl groups excluding tert-OH is 1. The summed E-state index contributed by atoms with van der Waals surface area (Å²) < 4.78 is 0. The molecule has 10 N–H and O–H groups in total. The number of nitrogens with two attached hydrogens (primary N) is 4. The van der Waals surface area contributed by atoms with E-state index in [-0.39, 0.29) is 30.8 Å². The number of aliphatic hydroxyl groups is 1. The summed E-state index contributed by atoms with van der Waals surface area (Å²) in [4.78, 5) is 17.8. The highest BCUT2D eigenvalue weighted by Gasteiger charge is 2.28. The van der Waals surface area contributed by atoms with Gasteiger partial charge in [0.1, 0.15) is 0 Å². The van der Waals surface area contributed by atoms with Crippen LogP contribution in [0.25, 0.3) is 0 Å². The van der Waals surface area contributed by atoms with Crippen molar-refractivity contribution in [2.75, 3.05) is 54.4 Å². The molecule has 11 nitrogen and oxygen atoms in total. The maximum absolute atomic E-state index is 9.01. The largest absolute Gasteiger partial charge is 0.396 e. The van der Waals surface area contributed by atoms with E-state index >= 15 is 0 Å². The second-order valence-electron chi connectivity index (χ2n) is 7.58. The molecule has 3 heterocycles. The fourth-order valence-electron chi connectivity index (χ4n) is 3.68. The first kappa shape index (κ1) is 20.0. The highest BCUT2D eigenvalue weighted by atomic mass is 16.3. The molecule has 0 amide bonds. The van der Waals surface area contributed by atoms with Gasteiger partial charge in [0.2, 0.25) is 17.8 Å². The van der Waals surface area contributed by atoms with Crippen LogP contribution in [0.1, 0.15) is 19.3 Å². The van der Waals surface area contributed by atoms with E-state index in [1.54, 1.807) is 0 Å². The normalized spacial score (nSPS) is 29.1. The van der Waals surface area contributed by atoms with Crippen molar-refractivity contribution >= 4 is 17.8 Å². The third kappa shape index (κ3) is 5.36.